The Morgan fingerprint density at radius 3 is 2.88 bits per heavy atom. The molecule has 2 fully saturated rings. The second-order valence-electron chi connectivity index (χ2n) is 8.46. The van der Waals surface area contributed by atoms with Crippen molar-refractivity contribution in [3.63, 3.8) is 0 Å². The molecule has 2 aliphatic rings. The summed E-state index contributed by atoms with van der Waals surface area (Å²) in [7, 11) is 0. The maximum absolute atomic E-state index is 14.4. The summed E-state index contributed by atoms with van der Waals surface area (Å²) < 4.78 is 14.4. The van der Waals surface area contributed by atoms with E-state index >= 15 is 0 Å². The maximum atomic E-state index is 14.4. The van der Waals surface area contributed by atoms with Crippen LogP contribution in [-0.4, -0.2) is 58.8 Å². The number of nitrogens with one attached hydrogen (secondary N) is 3. The molecule has 33 heavy (non-hydrogen) atoms. The third-order valence-corrected chi connectivity index (χ3v) is 6.65. The van der Waals surface area contributed by atoms with Crippen LogP contribution in [-0.2, 0) is 4.79 Å². The van der Waals surface area contributed by atoms with Gasteiger partial charge in [-0.3, -0.25) is 4.79 Å². The van der Waals surface area contributed by atoms with Gasteiger partial charge in [0.25, 0.3) is 0 Å². The Morgan fingerprint density at radius 2 is 2.18 bits per heavy atom. The minimum Gasteiger partial charge on any atom is -0.389 e. The Balaban J connectivity index is 1.40. The molecule has 0 saturated carbocycles. The van der Waals surface area contributed by atoms with Crippen LogP contribution >= 0.6 is 23.2 Å². The molecule has 1 aromatic heterocycles. The zero-order chi connectivity index (χ0) is 23.5. The highest BCUT2D eigenvalue weighted by Gasteiger charge is 2.32. The normalized spacial score (nSPS) is 23.9. The first-order valence-corrected chi connectivity index (χ1v) is 11.8. The Morgan fingerprint density at radius 1 is 1.36 bits per heavy atom. The fourth-order valence-corrected chi connectivity index (χ4v) is 4.79. The van der Waals surface area contributed by atoms with Crippen LogP contribution in [0.5, 0.6) is 0 Å². The molecular formula is C22H27Cl2FN6O2. The van der Waals surface area contributed by atoms with Crippen molar-refractivity contribution in [2.75, 3.05) is 29.9 Å². The molecule has 8 nitrogen and oxygen atoms in total. The smallest absolute Gasteiger partial charge is 0.237 e. The van der Waals surface area contributed by atoms with Crippen molar-refractivity contribution in [3.8, 4) is 0 Å². The van der Waals surface area contributed by atoms with Gasteiger partial charge in [-0.15, -0.1) is 0 Å². The standard InChI is InChI=1S/C22H27Cl2FN6O2/c1-12(14-5-4-13(23)9-15(14)24)28-20-16(25)10-27-22(30-20)31-8-6-17(19(32)11-31)29-21(33)18-3-2-7-26-18/h4-5,9-10,12,17-19,26,32H,2-3,6-8,11H2,1H3,(H,29,33)(H,27,28,30)/t12-,17+,18-,19-/m1/s1. The first-order valence-electron chi connectivity index (χ1n) is 11.0. The summed E-state index contributed by atoms with van der Waals surface area (Å²) in [6.45, 7) is 3.42. The predicted molar refractivity (Wildman–Crippen MR) is 126 cm³/mol. The van der Waals surface area contributed by atoms with E-state index in [4.69, 9.17) is 23.2 Å². The molecule has 0 bridgehead atoms. The van der Waals surface area contributed by atoms with Crippen molar-refractivity contribution in [2.24, 2.45) is 0 Å². The number of halogens is 3. The Labute approximate surface area is 201 Å². The van der Waals surface area contributed by atoms with Crippen molar-refractivity contribution < 1.29 is 14.3 Å². The maximum Gasteiger partial charge on any atom is 0.237 e. The molecule has 4 rings (SSSR count). The average Bonchev–Trinajstić information content (AvgIpc) is 3.32. The summed E-state index contributed by atoms with van der Waals surface area (Å²) in [5.74, 6) is -0.336. The molecule has 0 radical (unpaired) electrons. The lowest BCUT2D eigenvalue weighted by molar-refractivity contribution is -0.124. The number of benzene rings is 1. The van der Waals surface area contributed by atoms with Crippen LogP contribution in [0.1, 0.15) is 37.8 Å². The fourth-order valence-electron chi connectivity index (χ4n) is 4.22. The van der Waals surface area contributed by atoms with Crippen LogP contribution in [0.2, 0.25) is 10.0 Å². The number of aromatic nitrogens is 2. The molecule has 4 N–H and O–H groups in total. The summed E-state index contributed by atoms with van der Waals surface area (Å²) in [6.07, 6.45) is 2.62. The van der Waals surface area contributed by atoms with Crippen LogP contribution in [0.4, 0.5) is 16.2 Å². The van der Waals surface area contributed by atoms with Crippen molar-refractivity contribution >= 4 is 40.9 Å². The van der Waals surface area contributed by atoms with E-state index < -0.39 is 11.9 Å². The van der Waals surface area contributed by atoms with Gasteiger partial charge in [-0.25, -0.2) is 9.37 Å². The van der Waals surface area contributed by atoms with E-state index in [1.54, 1.807) is 23.1 Å². The van der Waals surface area contributed by atoms with Crippen LogP contribution in [0.25, 0.3) is 0 Å². The summed E-state index contributed by atoms with van der Waals surface area (Å²) in [5, 5.41) is 20.7. The van der Waals surface area contributed by atoms with Crippen molar-refractivity contribution in [1.82, 2.24) is 20.6 Å². The lowest BCUT2D eigenvalue weighted by Crippen LogP contribution is -2.56. The van der Waals surface area contributed by atoms with E-state index in [0.29, 0.717) is 29.0 Å². The van der Waals surface area contributed by atoms with E-state index in [0.717, 1.165) is 31.1 Å². The summed E-state index contributed by atoms with van der Waals surface area (Å²) in [6, 6.07) is 4.25. The minimum absolute atomic E-state index is 0.0377. The summed E-state index contributed by atoms with van der Waals surface area (Å²) >= 11 is 12.2. The van der Waals surface area contributed by atoms with Gasteiger partial charge in [0, 0.05) is 23.1 Å². The van der Waals surface area contributed by atoms with Gasteiger partial charge in [0.1, 0.15) is 0 Å². The number of hydrogen-bond acceptors (Lipinski definition) is 7. The Bertz CT molecular complexity index is 1010. The number of β-amino-alcohol motifs (C(OH)–C–C–N with tert-alkyl or cyclic N) is 1. The van der Waals surface area contributed by atoms with Gasteiger partial charge in [-0.05, 0) is 50.4 Å². The molecule has 3 heterocycles. The number of aliphatic hydroxyl groups excluding tert-OH is 1. The number of anilines is 2. The van der Waals surface area contributed by atoms with Crippen LogP contribution in [0.3, 0.4) is 0 Å². The molecule has 11 heteroatoms. The van der Waals surface area contributed by atoms with Crippen LogP contribution in [0, 0.1) is 5.82 Å². The van der Waals surface area contributed by atoms with Crippen LogP contribution < -0.4 is 20.9 Å². The zero-order valence-corrected chi connectivity index (χ0v) is 19.7. The van der Waals surface area contributed by atoms with E-state index in [1.807, 2.05) is 6.92 Å². The number of rotatable bonds is 6. The fraction of sp³-hybridized carbons (Fsp3) is 0.500. The molecule has 2 saturated heterocycles. The quantitative estimate of drug-likeness (QED) is 0.487. The Hall–Kier alpha value is -2.20. The molecule has 0 unspecified atom stereocenters. The van der Waals surface area contributed by atoms with Gasteiger partial charge in [-0.2, -0.15) is 4.98 Å². The molecule has 2 aromatic rings. The van der Waals surface area contributed by atoms with Crippen molar-refractivity contribution in [1.29, 1.82) is 0 Å². The Kier molecular flexibility index (Phi) is 7.53. The number of nitrogens with zero attached hydrogens (tertiary/aromatic N) is 3. The van der Waals surface area contributed by atoms with E-state index in [1.165, 1.54) is 0 Å². The first kappa shape index (κ1) is 23.9. The monoisotopic (exact) mass is 496 g/mol. The second kappa shape index (κ2) is 10.4. The van der Waals surface area contributed by atoms with Crippen LogP contribution in [0.15, 0.2) is 24.4 Å². The SMILES string of the molecule is C[C@@H](Nc1nc(N2CC[C@H](NC(=O)[C@H]3CCCN3)[C@H](O)C2)ncc1F)c1ccc(Cl)cc1Cl. The minimum atomic E-state index is -0.791. The lowest BCUT2D eigenvalue weighted by atomic mass is 10.0. The zero-order valence-electron chi connectivity index (χ0n) is 18.2. The highest BCUT2D eigenvalue weighted by atomic mass is 35.5. The topological polar surface area (TPSA) is 102 Å². The molecule has 0 aliphatic carbocycles. The van der Waals surface area contributed by atoms with Gasteiger partial charge < -0.3 is 26.0 Å². The number of hydrogen-bond donors (Lipinski definition) is 4. The summed E-state index contributed by atoms with van der Waals surface area (Å²) in [4.78, 5) is 22.6. The van der Waals surface area contributed by atoms with Gasteiger partial charge in [0.05, 0.1) is 30.4 Å². The molecule has 0 spiro atoms. The van der Waals surface area contributed by atoms with Gasteiger partial charge in [0.15, 0.2) is 11.6 Å². The highest BCUT2D eigenvalue weighted by molar-refractivity contribution is 6.35. The summed E-state index contributed by atoms with van der Waals surface area (Å²) in [5.41, 5.74) is 0.754. The number of piperidine rings is 1. The van der Waals surface area contributed by atoms with Crippen molar-refractivity contribution in [2.45, 2.75) is 50.4 Å². The van der Waals surface area contributed by atoms with E-state index in [2.05, 4.69) is 25.9 Å². The molecule has 2 aliphatic heterocycles. The highest BCUT2D eigenvalue weighted by Crippen LogP contribution is 2.29. The van der Waals surface area contributed by atoms with E-state index in [-0.39, 0.29) is 36.4 Å². The molecule has 1 aromatic carbocycles. The molecular weight excluding hydrogens is 470 g/mol. The van der Waals surface area contributed by atoms with E-state index in [9.17, 15) is 14.3 Å². The van der Waals surface area contributed by atoms with Gasteiger partial charge in [-0.1, -0.05) is 29.3 Å². The average molecular weight is 497 g/mol. The lowest BCUT2D eigenvalue weighted by Gasteiger charge is -2.36. The third kappa shape index (κ3) is 5.66. The molecule has 178 valence electrons. The number of carbonyl (C=O) groups excluding carboxylic acids is 1. The first-order chi connectivity index (χ1) is 15.8. The predicted octanol–water partition coefficient (Wildman–Crippen LogP) is 2.90. The number of aliphatic hydroxyl groups is 1. The van der Waals surface area contributed by atoms with Gasteiger partial charge >= 0.3 is 0 Å². The number of amides is 1. The second-order valence-corrected chi connectivity index (χ2v) is 9.31. The van der Waals surface area contributed by atoms with Gasteiger partial charge in [0.2, 0.25) is 11.9 Å². The third-order valence-electron chi connectivity index (χ3n) is 6.08. The van der Waals surface area contributed by atoms with Crippen molar-refractivity contribution in [3.05, 3.63) is 45.8 Å². The molecule has 1 amide bonds. The largest absolute Gasteiger partial charge is 0.389 e. The molecule has 4 atom stereocenters. The number of carbonyl (C=O) groups is 1.